The fourth-order valence-electron chi connectivity index (χ4n) is 1.85. The molecule has 0 aromatic rings. The van der Waals surface area contributed by atoms with Gasteiger partial charge in [-0.3, -0.25) is 10.1 Å². The molecule has 84 valence electrons. The second-order valence-corrected chi connectivity index (χ2v) is 3.85. The average Bonchev–Trinajstić information content (AvgIpc) is 2.27. The Labute approximate surface area is 88.3 Å². The van der Waals surface area contributed by atoms with E-state index >= 15 is 0 Å². The van der Waals surface area contributed by atoms with Gasteiger partial charge in [0.25, 0.3) is 5.54 Å². The number of carbonyl (C=O) groups is 1. The van der Waals surface area contributed by atoms with Gasteiger partial charge in [-0.25, -0.2) is 4.79 Å². The number of ether oxygens (including phenoxy) is 1. The third kappa shape index (κ3) is 2.78. The van der Waals surface area contributed by atoms with Crippen LogP contribution in [-0.2, 0) is 9.53 Å². The van der Waals surface area contributed by atoms with Gasteiger partial charge in [-0.1, -0.05) is 13.0 Å². The summed E-state index contributed by atoms with van der Waals surface area (Å²) in [5.41, 5.74) is -1.06. The number of hydrogen-bond acceptors (Lipinski definition) is 4. The lowest BCUT2D eigenvalue weighted by Crippen LogP contribution is -2.45. The summed E-state index contributed by atoms with van der Waals surface area (Å²) in [5.74, 6) is -0.596. The molecule has 0 atom stereocenters. The smallest absolute Gasteiger partial charge is 0.330 e. The molecular formula is C10H15NO4. The van der Waals surface area contributed by atoms with E-state index in [-0.39, 0.29) is 11.5 Å². The molecule has 0 amide bonds. The second kappa shape index (κ2) is 4.91. The van der Waals surface area contributed by atoms with E-state index in [9.17, 15) is 14.9 Å². The number of hydrogen-bond donors (Lipinski definition) is 0. The monoisotopic (exact) mass is 213 g/mol. The van der Waals surface area contributed by atoms with Gasteiger partial charge in [0.1, 0.15) is 0 Å². The zero-order valence-corrected chi connectivity index (χ0v) is 8.61. The quantitative estimate of drug-likeness (QED) is 0.308. The molecule has 1 aliphatic rings. The lowest BCUT2D eigenvalue weighted by Gasteiger charge is -2.28. The van der Waals surface area contributed by atoms with E-state index in [0.29, 0.717) is 12.8 Å². The highest BCUT2D eigenvalue weighted by atomic mass is 16.6. The van der Waals surface area contributed by atoms with Gasteiger partial charge in [0, 0.05) is 23.8 Å². The van der Waals surface area contributed by atoms with Crippen molar-refractivity contribution in [1.29, 1.82) is 0 Å². The Bertz CT molecular complexity index is 269. The average molecular weight is 213 g/mol. The molecule has 1 aliphatic carbocycles. The third-order valence-corrected chi connectivity index (χ3v) is 2.82. The Hall–Kier alpha value is -1.39. The van der Waals surface area contributed by atoms with Crippen molar-refractivity contribution in [2.45, 2.75) is 37.6 Å². The van der Waals surface area contributed by atoms with E-state index < -0.39 is 11.5 Å². The molecule has 5 heteroatoms. The Kier molecular flexibility index (Phi) is 3.82. The summed E-state index contributed by atoms with van der Waals surface area (Å²) in [6, 6.07) is 0. The minimum absolute atomic E-state index is 0.134. The van der Waals surface area contributed by atoms with Gasteiger partial charge in [0.15, 0.2) is 6.61 Å². The molecule has 0 heterocycles. The number of rotatable bonds is 4. The van der Waals surface area contributed by atoms with Crippen molar-refractivity contribution in [2.75, 3.05) is 6.61 Å². The number of esters is 1. The lowest BCUT2D eigenvalue weighted by molar-refractivity contribution is -0.578. The van der Waals surface area contributed by atoms with E-state index in [0.717, 1.165) is 25.3 Å². The topological polar surface area (TPSA) is 69.4 Å². The summed E-state index contributed by atoms with van der Waals surface area (Å²) < 4.78 is 4.80. The molecule has 0 spiro atoms. The van der Waals surface area contributed by atoms with E-state index in [2.05, 4.69) is 6.58 Å². The summed E-state index contributed by atoms with van der Waals surface area (Å²) in [7, 11) is 0. The summed E-state index contributed by atoms with van der Waals surface area (Å²) >= 11 is 0. The molecule has 0 saturated heterocycles. The van der Waals surface area contributed by atoms with Gasteiger partial charge in [-0.15, -0.1) is 0 Å². The van der Waals surface area contributed by atoms with Crippen molar-refractivity contribution in [1.82, 2.24) is 0 Å². The summed E-state index contributed by atoms with van der Waals surface area (Å²) in [6.07, 6.45) is 4.68. The second-order valence-electron chi connectivity index (χ2n) is 3.85. The fourth-order valence-corrected chi connectivity index (χ4v) is 1.85. The van der Waals surface area contributed by atoms with Crippen LogP contribution in [0, 0.1) is 10.1 Å². The first-order valence-electron chi connectivity index (χ1n) is 5.04. The molecule has 15 heavy (non-hydrogen) atoms. The van der Waals surface area contributed by atoms with Gasteiger partial charge >= 0.3 is 5.97 Å². The summed E-state index contributed by atoms with van der Waals surface area (Å²) in [6.45, 7) is 3.11. The molecule has 5 nitrogen and oxygen atoms in total. The van der Waals surface area contributed by atoms with Crippen LogP contribution >= 0.6 is 0 Å². The molecule has 0 unspecified atom stereocenters. The minimum Gasteiger partial charge on any atom is -0.455 e. The van der Waals surface area contributed by atoms with E-state index in [4.69, 9.17) is 4.74 Å². The van der Waals surface area contributed by atoms with Crippen molar-refractivity contribution in [3.8, 4) is 0 Å². The van der Waals surface area contributed by atoms with Crippen LogP contribution < -0.4 is 0 Å². The summed E-state index contributed by atoms with van der Waals surface area (Å²) in [4.78, 5) is 21.5. The van der Waals surface area contributed by atoms with Gasteiger partial charge in [-0.2, -0.15) is 0 Å². The maximum absolute atomic E-state index is 11.0. The van der Waals surface area contributed by atoms with Gasteiger partial charge in [0.05, 0.1) is 0 Å². The Morgan fingerprint density at radius 2 is 2.07 bits per heavy atom. The minimum atomic E-state index is -1.06. The molecule has 1 fully saturated rings. The molecule has 0 N–H and O–H groups in total. The van der Waals surface area contributed by atoms with Gasteiger partial charge in [-0.05, 0) is 12.8 Å². The number of carbonyl (C=O) groups excluding carboxylic acids is 1. The number of nitrogens with zero attached hydrogens (tertiary/aromatic N) is 1. The van der Waals surface area contributed by atoms with E-state index in [1.807, 2.05) is 0 Å². The van der Waals surface area contributed by atoms with Gasteiger partial charge < -0.3 is 4.74 Å². The van der Waals surface area contributed by atoms with Crippen molar-refractivity contribution in [3.63, 3.8) is 0 Å². The van der Waals surface area contributed by atoms with Crippen LogP contribution in [0.1, 0.15) is 32.1 Å². The predicted octanol–water partition coefficient (Wildman–Crippen LogP) is 1.70. The first-order valence-corrected chi connectivity index (χ1v) is 5.04. The van der Waals surface area contributed by atoms with Crippen LogP contribution in [0.4, 0.5) is 0 Å². The highest BCUT2D eigenvalue weighted by Crippen LogP contribution is 2.31. The van der Waals surface area contributed by atoms with E-state index in [1.54, 1.807) is 0 Å². The largest absolute Gasteiger partial charge is 0.455 e. The zero-order valence-electron chi connectivity index (χ0n) is 8.61. The molecule has 0 bridgehead atoms. The van der Waals surface area contributed by atoms with Crippen molar-refractivity contribution in [2.24, 2.45) is 0 Å². The van der Waals surface area contributed by atoms with Crippen LogP contribution in [0.15, 0.2) is 12.7 Å². The Balaban J connectivity index is 2.60. The number of nitro groups is 1. The molecular weight excluding hydrogens is 198 g/mol. The maximum Gasteiger partial charge on any atom is 0.330 e. The Morgan fingerprint density at radius 1 is 1.47 bits per heavy atom. The lowest BCUT2D eigenvalue weighted by atomic mass is 9.83. The molecule has 0 radical (unpaired) electrons. The zero-order chi connectivity index (χ0) is 11.3. The normalized spacial score (nSPS) is 19.2. The fraction of sp³-hybridized carbons (Fsp3) is 0.700. The molecule has 0 aliphatic heterocycles. The third-order valence-electron chi connectivity index (χ3n) is 2.82. The molecule has 0 aromatic heterocycles. The van der Waals surface area contributed by atoms with Crippen molar-refractivity contribution >= 4 is 5.97 Å². The first kappa shape index (κ1) is 11.7. The van der Waals surface area contributed by atoms with Crippen LogP contribution in [-0.4, -0.2) is 23.0 Å². The van der Waals surface area contributed by atoms with Crippen LogP contribution in [0.2, 0.25) is 0 Å². The SMILES string of the molecule is C=CC(=O)OCC1([N+](=O)[O-])CCCCC1. The van der Waals surface area contributed by atoms with Gasteiger partial charge in [0.2, 0.25) is 0 Å². The highest BCUT2D eigenvalue weighted by molar-refractivity contribution is 5.81. The van der Waals surface area contributed by atoms with Crippen LogP contribution in [0.25, 0.3) is 0 Å². The molecule has 1 saturated carbocycles. The Morgan fingerprint density at radius 3 is 2.53 bits per heavy atom. The van der Waals surface area contributed by atoms with Crippen molar-refractivity contribution in [3.05, 3.63) is 22.8 Å². The van der Waals surface area contributed by atoms with Crippen LogP contribution in [0.3, 0.4) is 0 Å². The van der Waals surface area contributed by atoms with Crippen molar-refractivity contribution < 1.29 is 14.5 Å². The van der Waals surface area contributed by atoms with E-state index in [1.165, 1.54) is 0 Å². The summed E-state index contributed by atoms with van der Waals surface area (Å²) in [5, 5.41) is 11.0. The molecule has 1 rings (SSSR count). The maximum atomic E-state index is 11.0. The highest BCUT2D eigenvalue weighted by Gasteiger charge is 2.45. The molecule has 0 aromatic carbocycles. The van der Waals surface area contributed by atoms with Crippen LogP contribution in [0.5, 0.6) is 0 Å². The first-order chi connectivity index (χ1) is 7.10. The standard InChI is InChI=1S/C10H15NO4/c1-2-9(12)15-8-10(11(13)14)6-4-3-5-7-10/h2H,1,3-8H2. The predicted molar refractivity (Wildman–Crippen MR) is 54.0 cm³/mol.